The molecule has 0 saturated heterocycles. The molecule has 0 saturated carbocycles. The van der Waals surface area contributed by atoms with E-state index in [4.69, 9.17) is 5.11 Å². The summed E-state index contributed by atoms with van der Waals surface area (Å²) >= 11 is 1.34. The molecule has 0 aliphatic heterocycles. The fraction of sp³-hybridized carbons (Fsp3) is 0.0909. The van der Waals surface area contributed by atoms with E-state index in [0.717, 1.165) is 22.9 Å². The number of aliphatic hydroxyl groups is 1. The normalized spacial score (nSPS) is 10.4. The van der Waals surface area contributed by atoms with Crippen molar-refractivity contribution in [3.8, 4) is 0 Å². The first-order valence-electron chi connectivity index (χ1n) is 4.63. The molecule has 0 unspecified atom stereocenters. The molecule has 0 bridgehead atoms. The average molecular weight is 236 g/mol. The lowest BCUT2D eigenvalue weighted by atomic mass is 10.2. The van der Waals surface area contributed by atoms with E-state index in [1.807, 2.05) is 24.3 Å². The lowest BCUT2D eigenvalue weighted by Gasteiger charge is -2.00. The molecule has 0 spiro atoms. The van der Waals surface area contributed by atoms with Crippen molar-refractivity contribution >= 4 is 11.8 Å². The summed E-state index contributed by atoms with van der Waals surface area (Å²) in [6.07, 6.45) is 2.27. The van der Waals surface area contributed by atoms with Crippen LogP contribution in [-0.2, 0) is 6.61 Å². The zero-order valence-corrected chi connectivity index (χ0v) is 9.12. The molecule has 0 amide bonds. The van der Waals surface area contributed by atoms with Crippen LogP contribution in [0.25, 0.3) is 0 Å². The Hall–Kier alpha value is -1.46. The van der Waals surface area contributed by atoms with E-state index in [1.165, 1.54) is 11.8 Å². The molecule has 1 N–H and O–H groups in total. The SMILES string of the molecule is OCc1ccc(Sc2ncc(F)cn2)cc1. The van der Waals surface area contributed by atoms with E-state index in [9.17, 15) is 4.39 Å². The molecule has 2 rings (SSSR count). The molecular formula is C11H9FN2OS. The number of rotatable bonds is 3. The first-order chi connectivity index (χ1) is 7.78. The number of benzene rings is 1. The van der Waals surface area contributed by atoms with Gasteiger partial charge in [-0.25, -0.2) is 14.4 Å². The van der Waals surface area contributed by atoms with Gasteiger partial charge in [0.25, 0.3) is 0 Å². The summed E-state index contributed by atoms with van der Waals surface area (Å²) in [7, 11) is 0. The van der Waals surface area contributed by atoms with Gasteiger partial charge in [-0.1, -0.05) is 12.1 Å². The second-order valence-corrected chi connectivity index (χ2v) is 4.13. The minimum absolute atomic E-state index is 0.0258. The van der Waals surface area contributed by atoms with Crippen LogP contribution in [0, 0.1) is 5.82 Å². The third-order valence-corrected chi connectivity index (χ3v) is 2.81. The van der Waals surface area contributed by atoms with Crippen LogP contribution in [0.5, 0.6) is 0 Å². The van der Waals surface area contributed by atoms with E-state index in [1.54, 1.807) is 0 Å². The quantitative estimate of drug-likeness (QED) is 0.830. The summed E-state index contributed by atoms with van der Waals surface area (Å²) in [6, 6.07) is 7.38. The van der Waals surface area contributed by atoms with E-state index in [0.29, 0.717) is 5.16 Å². The molecule has 0 radical (unpaired) electrons. The van der Waals surface area contributed by atoms with Gasteiger partial charge in [0.15, 0.2) is 11.0 Å². The van der Waals surface area contributed by atoms with E-state index in [-0.39, 0.29) is 6.61 Å². The number of aromatic nitrogens is 2. The minimum Gasteiger partial charge on any atom is -0.392 e. The van der Waals surface area contributed by atoms with Crippen LogP contribution in [0.4, 0.5) is 4.39 Å². The predicted octanol–water partition coefficient (Wildman–Crippen LogP) is 2.26. The van der Waals surface area contributed by atoms with E-state index >= 15 is 0 Å². The molecular weight excluding hydrogens is 227 g/mol. The molecule has 5 heteroatoms. The summed E-state index contributed by atoms with van der Waals surface area (Å²) in [5, 5.41) is 9.37. The zero-order valence-electron chi connectivity index (χ0n) is 8.30. The zero-order chi connectivity index (χ0) is 11.4. The summed E-state index contributed by atoms with van der Waals surface area (Å²) < 4.78 is 12.6. The highest BCUT2D eigenvalue weighted by atomic mass is 32.2. The maximum absolute atomic E-state index is 12.6. The fourth-order valence-electron chi connectivity index (χ4n) is 1.12. The number of halogens is 1. The molecule has 0 atom stereocenters. The van der Waals surface area contributed by atoms with Gasteiger partial charge in [0.05, 0.1) is 19.0 Å². The maximum Gasteiger partial charge on any atom is 0.192 e. The Balaban J connectivity index is 2.11. The Morgan fingerprint density at radius 3 is 2.31 bits per heavy atom. The van der Waals surface area contributed by atoms with Crippen molar-refractivity contribution in [1.82, 2.24) is 9.97 Å². The molecule has 1 heterocycles. The smallest absolute Gasteiger partial charge is 0.192 e. The van der Waals surface area contributed by atoms with Crippen LogP contribution in [-0.4, -0.2) is 15.1 Å². The summed E-state index contributed by atoms with van der Waals surface area (Å²) in [5.74, 6) is -0.444. The monoisotopic (exact) mass is 236 g/mol. The van der Waals surface area contributed by atoms with Crippen molar-refractivity contribution in [3.05, 3.63) is 48.0 Å². The van der Waals surface area contributed by atoms with Crippen molar-refractivity contribution in [2.45, 2.75) is 16.7 Å². The van der Waals surface area contributed by atoms with Gasteiger partial charge in [0.2, 0.25) is 0 Å². The lowest BCUT2D eigenvalue weighted by Crippen LogP contribution is -1.87. The van der Waals surface area contributed by atoms with Crippen molar-refractivity contribution in [3.63, 3.8) is 0 Å². The first kappa shape index (κ1) is 11.0. The van der Waals surface area contributed by atoms with Gasteiger partial charge < -0.3 is 5.11 Å². The summed E-state index contributed by atoms with van der Waals surface area (Å²) in [5.41, 5.74) is 0.851. The first-order valence-corrected chi connectivity index (χ1v) is 5.45. The van der Waals surface area contributed by atoms with E-state index in [2.05, 4.69) is 9.97 Å². The third-order valence-electron chi connectivity index (χ3n) is 1.91. The highest BCUT2D eigenvalue weighted by Crippen LogP contribution is 2.24. The standard InChI is InChI=1S/C11H9FN2OS/c12-9-5-13-11(14-6-9)16-10-3-1-8(7-15)2-4-10/h1-6,15H,7H2. The van der Waals surface area contributed by atoms with Crippen molar-refractivity contribution in [2.75, 3.05) is 0 Å². The van der Waals surface area contributed by atoms with Gasteiger partial charge in [-0.05, 0) is 29.5 Å². The Kier molecular flexibility index (Phi) is 3.48. The summed E-state index contributed by atoms with van der Waals surface area (Å²) in [6.45, 7) is 0.0258. The molecule has 3 nitrogen and oxygen atoms in total. The van der Waals surface area contributed by atoms with Crippen LogP contribution >= 0.6 is 11.8 Å². The molecule has 0 aliphatic carbocycles. The van der Waals surface area contributed by atoms with E-state index < -0.39 is 5.82 Å². The molecule has 1 aromatic heterocycles. The third kappa shape index (κ3) is 2.77. The van der Waals surface area contributed by atoms with Crippen LogP contribution in [0.1, 0.15) is 5.56 Å². The highest BCUT2D eigenvalue weighted by Gasteiger charge is 2.00. The molecule has 82 valence electrons. The van der Waals surface area contributed by atoms with Crippen LogP contribution in [0.3, 0.4) is 0 Å². The summed E-state index contributed by atoms with van der Waals surface area (Å²) in [4.78, 5) is 8.64. The number of nitrogens with zero attached hydrogens (tertiary/aromatic N) is 2. The van der Waals surface area contributed by atoms with Gasteiger partial charge >= 0.3 is 0 Å². The predicted molar refractivity (Wildman–Crippen MR) is 58.5 cm³/mol. The van der Waals surface area contributed by atoms with Gasteiger partial charge in [0.1, 0.15) is 0 Å². The molecule has 0 aliphatic rings. The minimum atomic E-state index is -0.444. The maximum atomic E-state index is 12.6. The number of hydrogen-bond donors (Lipinski definition) is 1. The van der Waals surface area contributed by atoms with Crippen LogP contribution in [0.15, 0.2) is 46.7 Å². The van der Waals surface area contributed by atoms with Crippen molar-refractivity contribution < 1.29 is 9.50 Å². The van der Waals surface area contributed by atoms with Gasteiger partial charge in [-0.3, -0.25) is 0 Å². The topological polar surface area (TPSA) is 46.0 Å². The largest absolute Gasteiger partial charge is 0.392 e. The average Bonchev–Trinajstić information content (AvgIpc) is 2.33. The molecule has 2 aromatic rings. The molecule has 16 heavy (non-hydrogen) atoms. The Labute approximate surface area is 96.4 Å². The highest BCUT2D eigenvalue weighted by molar-refractivity contribution is 7.99. The Morgan fingerprint density at radius 2 is 1.75 bits per heavy atom. The second kappa shape index (κ2) is 5.05. The molecule has 1 aromatic carbocycles. The fourth-order valence-corrected chi connectivity index (χ4v) is 1.82. The van der Waals surface area contributed by atoms with Crippen molar-refractivity contribution in [2.24, 2.45) is 0 Å². The van der Waals surface area contributed by atoms with Gasteiger partial charge in [-0.2, -0.15) is 0 Å². The lowest BCUT2D eigenvalue weighted by molar-refractivity contribution is 0.282. The second-order valence-electron chi connectivity index (χ2n) is 3.09. The van der Waals surface area contributed by atoms with Crippen LogP contribution < -0.4 is 0 Å². The number of aliphatic hydroxyl groups excluding tert-OH is 1. The van der Waals surface area contributed by atoms with Crippen LogP contribution in [0.2, 0.25) is 0 Å². The molecule has 0 fully saturated rings. The Morgan fingerprint density at radius 1 is 1.12 bits per heavy atom. The van der Waals surface area contributed by atoms with Crippen molar-refractivity contribution in [1.29, 1.82) is 0 Å². The Bertz CT molecular complexity index is 458. The number of hydrogen-bond acceptors (Lipinski definition) is 4. The van der Waals surface area contributed by atoms with Gasteiger partial charge in [0, 0.05) is 4.90 Å². The van der Waals surface area contributed by atoms with Gasteiger partial charge in [-0.15, -0.1) is 0 Å².